The standard InChI is InChI=1S/C22H32N2O2S/c1-25-20-10-9-18(17-21(20)26-19-7-3-4-8-19)22-24(15-16-27-22)14-13-23-11-5-2-6-12-23/h9-10,15-17,19,22H,2-8,11-14H2,1H3. The summed E-state index contributed by atoms with van der Waals surface area (Å²) in [5, 5.41) is 2.56. The second-order valence-electron chi connectivity index (χ2n) is 7.85. The minimum Gasteiger partial charge on any atom is -0.493 e. The van der Waals surface area contributed by atoms with Crippen molar-refractivity contribution in [2.24, 2.45) is 0 Å². The van der Waals surface area contributed by atoms with Crippen molar-refractivity contribution in [2.45, 2.75) is 56.4 Å². The van der Waals surface area contributed by atoms with Crippen LogP contribution in [0.1, 0.15) is 55.9 Å². The summed E-state index contributed by atoms with van der Waals surface area (Å²) in [7, 11) is 1.73. The second-order valence-corrected chi connectivity index (χ2v) is 8.84. The molecule has 27 heavy (non-hydrogen) atoms. The fourth-order valence-corrected chi connectivity index (χ4v) is 5.38. The molecular weight excluding hydrogens is 356 g/mol. The first-order valence-corrected chi connectivity index (χ1v) is 11.4. The fraction of sp³-hybridized carbons (Fsp3) is 0.636. The summed E-state index contributed by atoms with van der Waals surface area (Å²) in [4.78, 5) is 5.08. The maximum Gasteiger partial charge on any atom is 0.161 e. The summed E-state index contributed by atoms with van der Waals surface area (Å²) in [6.45, 7) is 4.76. The molecule has 1 unspecified atom stereocenters. The van der Waals surface area contributed by atoms with E-state index in [1.54, 1.807) is 7.11 Å². The third-order valence-corrected chi connectivity index (χ3v) is 7.03. The van der Waals surface area contributed by atoms with Gasteiger partial charge in [0.25, 0.3) is 0 Å². The van der Waals surface area contributed by atoms with Crippen LogP contribution in [-0.2, 0) is 0 Å². The molecule has 4 rings (SSSR count). The average Bonchev–Trinajstić information content (AvgIpc) is 3.39. The molecule has 1 aromatic rings. The van der Waals surface area contributed by atoms with Crippen molar-refractivity contribution in [1.29, 1.82) is 0 Å². The van der Waals surface area contributed by atoms with Gasteiger partial charge < -0.3 is 19.3 Å². The normalized spacial score (nSPS) is 23.9. The van der Waals surface area contributed by atoms with E-state index >= 15 is 0 Å². The molecule has 3 aliphatic rings. The molecule has 1 aromatic carbocycles. The van der Waals surface area contributed by atoms with Gasteiger partial charge in [-0.3, -0.25) is 0 Å². The van der Waals surface area contributed by atoms with Crippen LogP contribution in [0.3, 0.4) is 0 Å². The summed E-state index contributed by atoms with van der Waals surface area (Å²) in [6.07, 6.45) is 11.6. The Labute approximate surface area is 167 Å². The third kappa shape index (κ3) is 4.75. The van der Waals surface area contributed by atoms with Crippen LogP contribution in [0.4, 0.5) is 0 Å². The second kappa shape index (κ2) is 9.24. The first-order valence-electron chi connectivity index (χ1n) is 10.5. The number of piperidine rings is 1. The molecule has 1 saturated carbocycles. The first kappa shape index (κ1) is 19.0. The highest BCUT2D eigenvalue weighted by Crippen LogP contribution is 2.42. The van der Waals surface area contributed by atoms with E-state index in [1.165, 1.54) is 50.8 Å². The minimum absolute atomic E-state index is 0.339. The fourth-order valence-electron chi connectivity index (χ4n) is 4.37. The van der Waals surface area contributed by atoms with Gasteiger partial charge >= 0.3 is 0 Å². The highest BCUT2D eigenvalue weighted by atomic mass is 32.2. The Kier molecular flexibility index (Phi) is 6.51. The van der Waals surface area contributed by atoms with E-state index in [0.717, 1.165) is 37.4 Å². The third-order valence-electron chi connectivity index (χ3n) is 5.95. The Balaban J connectivity index is 1.42. The van der Waals surface area contributed by atoms with Gasteiger partial charge in [-0.25, -0.2) is 0 Å². The maximum absolute atomic E-state index is 6.31. The lowest BCUT2D eigenvalue weighted by Crippen LogP contribution is -2.36. The Bertz CT molecular complexity index is 639. The largest absolute Gasteiger partial charge is 0.493 e. The van der Waals surface area contributed by atoms with Crippen LogP contribution in [0, 0.1) is 0 Å². The van der Waals surface area contributed by atoms with Crippen LogP contribution in [0.5, 0.6) is 11.5 Å². The molecule has 0 amide bonds. The lowest BCUT2D eigenvalue weighted by molar-refractivity contribution is 0.198. The predicted octanol–water partition coefficient (Wildman–Crippen LogP) is 5.02. The van der Waals surface area contributed by atoms with Gasteiger partial charge in [0, 0.05) is 19.3 Å². The molecule has 2 fully saturated rings. The van der Waals surface area contributed by atoms with E-state index < -0.39 is 0 Å². The van der Waals surface area contributed by atoms with E-state index in [1.807, 2.05) is 11.8 Å². The molecule has 1 aliphatic carbocycles. The molecule has 2 aliphatic heterocycles. The zero-order valence-corrected chi connectivity index (χ0v) is 17.3. The molecule has 1 saturated heterocycles. The lowest BCUT2D eigenvalue weighted by Gasteiger charge is -2.31. The summed E-state index contributed by atoms with van der Waals surface area (Å²) in [6, 6.07) is 6.47. The van der Waals surface area contributed by atoms with Gasteiger partial charge in [-0.2, -0.15) is 0 Å². The molecule has 0 aromatic heterocycles. The number of hydrogen-bond acceptors (Lipinski definition) is 5. The smallest absolute Gasteiger partial charge is 0.161 e. The highest BCUT2D eigenvalue weighted by molar-refractivity contribution is 8.02. The molecule has 0 radical (unpaired) electrons. The molecule has 1 atom stereocenters. The van der Waals surface area contributed by atoms with E-state index in [-0.39, 0.29) is 0 Å². The molecular formula is C22H32N2O2S. The average molecular weight is 389 g/mol. The number of methoxy groups -OCH3 is 1. The maximum atomic E-state index is 6.31. The van der Waals surface area contributed by atoms with Crippen LogP contribution in [0.2, 0.25) is 0 Å². The van der Waals surface area contributed by atoms with Crippen molar-refractivity contribution in [1.82, 2.24) is 9.80 Å². The number of thioether (sulfide) groups is 1. The summed E-state index contributed by atoms with van der Waals surface area (Å²) >= 11 is 1.89. The molecule has 148 valence electrons. The Morgan fingerprint density at radius 1 is 1.00 bits per heavy atom. The Hall–Kier alpha value is -1.33. The van der Waals surface area contributed by atoms with Crippen molar-refractivity contribution in [3.63, 3.8) is 0 Å². The van der Waals surface area contributed by atoms with Crippen LogP contribution in [0.15, 0.2) is 29.8 Å². The summed E-state index contributed by atoms with van der Waals surface area (Å²) in [5.74, 6) is 1.76. The Morgan fingerprint density at radius 2 is 1.81 bits per heavy atom. The van der Waals surface area contributed by atoms with Crippen LogP contribution < -0.4 is 9.47 Å². The number of nitrogens with zero attached hydrogens (tertiary/aromatic N) is 2. The summed E-state index contributed by atoms with van der Waals surface area (Å²) in [5.41, 5.74) is 1.30. The van der Waals surface area contributed by atoms with Gasteiger partial charge in [0.15, 0.2) is 11.5 Å². The molecule has 4 nitrogen and oxygen atoms in total. The number of rotatable bonds is 7. The molecule has 0 spiro atoms. The van der Waals surface area contributed by atoms with E-state index in [9.17, 15) is 0 Å². The van der Waals surface area contributed by atoms with E-state index in [4.69, 9.17) is 9.47 Å². The van der Waals surface area contributed by atoms with Crippen LogP contribution in [-0.4, -0.2) is 49.2 Å². The zero-order valence-electron chi connectivity index (χ0n) is 16.4. The Morgan fingerprint density at radius 3 is 2.59 bits per heavy atom. The summed E-state index contributed by atoms with van der Waals surface area (Å²) < 4.78 is 11.9. The van der Waals surface area contributed by atoms with Crippen molar-refractivity contribution < 1.29 is 9.47 Å². The molecule has 5 heteroatoms. The van der Waals surface area contributed by atoms with Crippen molar-refractivity contribution in [2.75, 3.05) is 33.3 Å². The number of hydrogen-bond donors (Lipinski definition) is 0. The van der Waals surface area contributed by atoms with Gasteiger partial charge in [-0.1, -0.05) is 12.5 Å². The number of likely N-dealkylation sites (tertiary alicyclic amines) is 1. The van der Waals surface area contributed by atoms with Crippen molar-refractivity contribution in [3.05, 3.63) is 35.4 Å². The van der Waals surface area contributed by atoms with Crippen LogP contribution >= 0.6 is 11.8 Å². The monoisotopic (exact) mass is 388 g/mol. The quantitative estimate of drug-likeness (QED) is 0.653. The zero-order chi connectivity index (χ0) is 18.5. The lowest BCUT2D eigenvalue weighted by atomic mass is 10.1. The number of benzene rings is 1. The van der Waals surface area contributed by atoms with Crippen molar-refractivity contribution >= 4 is 11.8 Å². The van der Waals surface area contributed by atoms with Crippen LogP contribution in [0.25, 0.3) is 0 Å². The molecule has 0 bridgehead atoms. The molecule has 0 N–H and O–H groups in total. The van der Waals surface area contributed by atoms with Gasteiger partial charge in [0.2, 0.25) is 0 Å². The number of ether oxygens (including phenoxy) is 2. The van der Waals surface area contributed by atoms with Gasteiger partial charge in [-0.15, -0.1) is 11.8 Å². The van der Waals surface area contributed by atoms with Gasteiger partial charge in [-0.05, 0) is 74.7 Å². The van der Waals surface area contributed by atoms with Gasteiger partial charge in [0.1, 0.15) is 5.37 Å². The first-order chi connectivity index (χ1) is 13.3. The van der Waals surface area contributed by atoms with Gasteiger partial charge in [0.05, 0.1) is 13.2 Å². The van der Waals surface area contributed by atoms with E-state index in [0.29, 0.717) is 11.5 Å². The minimum atomic E-state index is 0.339. The van der Waals surface area contributed by atoms with E-state index in [2.05, 4.69) is 39.6 Å². The highest BCUT2D eigenvalue weighted by Gasteiger charge is 2.25. The topological polar surface area (TPSA) is 24.9 Å². The SMILES string of the molecule is COc1ccc(C2SC=CN2CCN2CCCCC2)cc1OC1CCCC1. The van der Waals surface area contributed by atoms with Crippen molar-refractivity contribution in [3.8, 4) is 11.5 Å². The molecule has 2 heterocycles. The predicted molar refractivity (Wildman–Crippen MR) is 112 cm³/mol.